The van der Waals surface area contributed by atoms with Crippen LogP contribution in [-0.4, -0.2) is 37.1 Å². The van der Waals surface area contributed by atoms with Crippen molar-refractivity contribution in [3.05, 3.63) is 29.3 Å². The minimum atomic E-state index is 0.00314. The summed E-state index contributed by atoms with van der Waals surface area (Å²) >= 11 is 6.18. The molecule has 1 heterocycles. The smallest absolute Gasteiger partial charge is 0.0950 e. The molecule has 0 N–H and O–H groups in total. The first-order valence-corrected chi connectivity index (χ1v) is 6.23. The zero-order valence-electron chi connectivity index (χ0n) is 9.93. The van der Waals surface area contributed by atoms with Gasteiger partial charge in [-0.1, -0.05) is 23.7 Å². The topological polar surface area (TPSA) is 30.3 Å². The number of anilines is 1. The maximum absolute atomic E-state index is 8.89. The molecule has 1 unspecified atom stereocenters. The van der Waals surface area contributed by atoms with Gasteiger partial charge in [-0.05, 0) is 19.1 Å². The van der Waals surface area contributed by atoms with E-state index in [4.69, 9.17) is 16.9 Å². The third-order valence-corrected chi connectivity index (χ3v) is 3.56. The largest absolute Gasteiger partial charge is 0.368 e. The van der Waals surface area contributed by atoms with Gasteiger partial charge in [-0.2, -0.15) is 5.26 Å². The van der Waals surface area contributed by atoms with Crippen molar-refractivity contribution in [1.29, 1.82) is 5.26 Å². The number of hydrogen-bond acceptors (Lipinski definition) is 3. The molecule has 0 saturated carbocycles. The third kappa shape index (κ3) is 2.71. The number of hydrogen-bond donors (Lipinski definition) is 0. The molecule has 4 heteroatoms. The van der Waals surface area contributed by atoms with E-state index in [0.717, 1.165) is 36.9 Å². The predicted molar refractivity (Wildman–Crippen MR) is 70.3 cm³/mol. The molecule has 90 valence electrons. The third-order valence-electron chi connectivity index (χ3n) is 3.24. The molecular formula is C13H16ClN3. The normalized spacial score (nSPS) is 18.8. The number of piperazine rings is 1. The van der Waals surface area contributed by atoms with Gasteiger partial charge >= 0.3 is 0 Å². The molecule has 0 radical (unpaired) electrons. The van der Waals surface area contributed by atoms with E-state index in [1.807, 2.05) is 31.2 Å². The summed E-state index contributed by atoms with van der Waals surface area (Å²) in [7, 11) is 0. The van der Waals surface area contributed by atoms with Crippen LogP contribution in [0, 0.1) is 11.3 Å². The zero-order valence-corrected chi connectivity index (χ0v) is 10.7. The highest BCUT2D eigenvalue weighted by Crippen LogP contribution is 2.26. The first-order valence-electron chi connectivity index (χ1n) is 5.85. The van der Waals surface area contributed by atoms with Crippen molar-refractivity contribution in [3.8, 4) is 6.07 Å². The highest BCUT2D eigenvalue weighted by atomic mass is 35.5. The Kier molecular flexibility index (Phi) is 3.88. The lowest BCUT2D eigenvalue weighted by atomic mass is 10.2. The summed E-state index contributed by atoms with van der Waals surface area (Å²) in [5.74, 6) is 0. The van der Waals surface area contributed by atoms with Crippen molar-refractivity contribution >= 4 is 17.3 Å². The Morgan fingerprint density at radius 3 is 2.47 bits per heavy atom. The van der Waals surface area contributed by atoms with E-state index >= 15 is 0 Å². The average molecular weight is 250 g/mol. The van der Waals surface area contributed by atoms with Gasteiger partial charge in [0.2, 0.25) is 0 Å². The van der Waals surface area contributed by atoms with Gasteiger partial charge in [-0.25, -0.2) is 0 Å². The van der Waals surface area contributed by atoms with E-state index in [9.17, 15) is 0 Å². The lowest BCUT2D eigenvalue weighted by Gasteiger charge is -2.37. The monoisotopic (exact) mass is 249 g/mol. The van der Waals surface area contributed by atoms with Crippen molar-refractivity contribution in [2.45, 2.75) is 13.0 Å². The summed E-state index contributed by atoms with van der Waals surface area (Å²) in [6.45, 7) is 5.64. The molecule has 1 aliphatic rings. The highest BCUT2D eigenvalue weighted by molar-refractivity contribution is 6.33. The minimum absolute atomic E-state index is 0.00314. The van der Waals surface area contributed by atoms with Crippen molar-refractivity contribution in [1.82, 2.24) is 4.90 Å². The molecule has 2 rings (SSSR count). The van der Waals surface area contributed by atoms with Crippen LogP contribution in [0.3, 0.4) is 0 Å². The van der Waals surface area contributed by atoms with E-state index < -0.39 is 0 Å². The van der Waals surface area contributed by atoms with Gasteiger partial charge in [0.05, 0.1) is 22.8 Å². The molecule has 1 fully saturated rings. The van der Waals surface area contributed by atoms with Crippen LogP contribution in [0.15, 0.2) is 24.3 Å². The molecular weight excluding hydrogens is 234 g/mol. The molecule has 0 spiro atoms. The number of benzene rings is 1. The molecule has 0 bridgehead atoms. The van der Waals surface area contributed by atoms with E-state index in [2.05, 4.69) is 15.9 Å². The van der Waals surface area contributed by atoms with Crippen LogP contribution in [0.4, 0.5) is 5.69 Å². The summed E-state index contributed by atoms with van der Waals surface area (Å²) in [5.41, 5.74) is 1.10. The van der Waals surface area contributed by atoms with Crippen molar-refractivity contribution in [3.63, 3.8) is 0 Å². The maximum atomic E-state index is 8.89. The van der Waals surface area contributed by atoms with Crippen LogP contribution in [0.5, 0.6) is 0 Å². The van der Waals surface area contributed by atoms with Crippen molar-refractivity contribution in [2.24, 2.45) is 0 Å². The van der Waals surface area contributed by atoms with E-state index in [0.29, 0.717) is 0 Å². The SMILES string of the molecule is CC(C#N)N1CCN(c2ccccc2Cl)CC1. The Morgan fingerprint density at radius 1 is 1.24 bits per heavy atom. The summed E-state index contributed by atoms with van der Waals surface area (Å²) in [6, 6.07) is 10.2. The Bertz CT molecular complexity index is 419. The molecule has 0 aliphatic carbocycles. The average Bonchev–Trinajstić information content (AvgIpc) is 2.39. The first kappa shape index (κ1) is 12.2. The van der Waals surface area contributed by atoms with Crippen LogP contribution < -0.4 is 4.90 Å². The number of halogens is 1. The lowest BCUT2D eigenvalue weighted by molar-refractivity contribution is 0.232. The fourth-order valence-electron chi connectivity index (χ4n) is 2.14. The van der Waals surface area contributed by atoms with Gasteiger partial charge < -0.3 is 4.90 Å². The van der Waals surface area contributed by atoms with Gasteiger partial charge in [-0.15, -0.1) is 0 Å². The predicted octanol–water partition coefficient (Wildman–Crippen LogP) is 2.37. The molecule has 1 aromatic carbocycles. The Labute approximate surface area is 107 Å². The minimum Gasteiger partial charge on any atom is -0.368 e. The van der Waals surface area contributed by atoms with E-state index in [1.165, 1.54) is 0 Å². The number of nitriles is 1. The molecule has 3 nitrogen and oxygen atoms in total. The first-order chi connectivity index (χ1) is 8.22. The van der Waals surface area contributed by atoms with Gasteiger partial charge in [0.15, 0.2) is 0 Å². The van der Waals surface area contributed by atoms with Crippen LogP contribution >= 0.6 is 11.6 Å². The van der Waals surface area contributed by atoms with Crippen molar-refractivity contribution in [2.75, 3.05) is 31.1 Å². The highest BCUT2D eigenvalue weighted by Gasteiger charge is 2.21. The van der Waals surface area contributed by atoms with Gasteiger partial charge in [0.1, 0.15) is 0 Å². The van der Waals surface area contributed by atoms with Crippen LogP contribution in [0.2, 0.25) is 5.02 Å². The molecule has 1 aromatic rings. The van der Waals surface area contributed by atoms with Gasteiger partial charge in [-0.3, -0.25) is 4.90 Å². The Balaban J connectivity index is 2.01. The van der Waals surface area contributed by atoms with Gasteiger partial charge in [0.25, 0.3) is 0 Å². The molecule has 1 atom stereocenters. The van der Waals surface area contributed by atoms with Crippen molar-refractivity contribution < 1.29 is 0 Å². The fraction of sp³-hybridized carbons (Fsp3) is 0.462. The number of nitrogens with zero attached hydrogens (tertiary/aromatic N) is 3. The van der Waals surface area contributed by atoms with Crippen LogP contribution in [-0.2, 0) is 0 Å². The van der Waals surface area contributed by atoms with E-state index in [-0.39, 0.29) is 6.04 Å². The standard InChI is InChI=1S/C13H16ClN3/c1-11(10-15)16-6-8-17(9-7-16)13-5-3-2-4-12(13)14/h2-5,11H,6-9H2,1H3. The Morgan fingerprint density at radius 2 is 1.88 bits per heavy atom. The lowest BCUT2D eigenvalue weighted by Crippen LogP contribution is -2.49. The molecule has 1 aliphatic heterocycles. The summed E-state index contributed by atoms with van der Waals surface area (Å²) in [4.78, 5) is 4.48. The summed E-state index contributed by atoms with van der Waals surface area (Å²) in [5, 5.41) is 9.69. The Hall–Kier alpha value is -1.24. The van der Waals surface area contributed by atoms with Crippen LogP contribution in [0.25, 0.3) is 0 Å². The second-order valence-electron chi connectivity index (χ2n) is 4.28. The summed E-state index contributed by atoms with van der Waals surface area (Å²) < 4.78 is 0. The summed E-state index contributed by atoms with van der Waals surface area (Å²) in [6.07, 6.45) is 0. The number of para-hydroxylation sites is 1. The molecule has 0 aromatic heterocycles. The maximum Gasteiger partial charge on any atom is 0.0950 e. The number of rotatable bonds is 2. The van der Waals surface area contributed by atoms with E-state index in [1.54, 1.807) is 0 Å². The molecule has 1 saturated heterocycles. The molecule has 17 heavy (non-hydrogen) atoms. The second kappa shape index (κ2) is 5.39. The zero-order chi connectivity index (χ0) is 12.3. The molecule has 0 amide bonds. The van der Waals surface area contributed by atoms with Crippen LogP contribution in [0.1, 0.15) is 6.92 Å². The quantitative estimate of drug-likeness (QED) is 0.806. The fourth-order valence-corrected chi connectivity index (χ4v) is 2.40. The van der Waals surface area contributed by atoms with Gasteiger partial charge in [0, 0.05) is 26.2 Å². The second-order valence-corrected chi connectivity index (χ2v) is 4.69.